The van der Waals surface area contributed by atoms with E-state index in [2.05, 4.69) is 24.0 Å². The largest absolute Gasteiger partial charge is 0.494 e. The van der Waals surface area contributed by atoms with Gasteiger partial charge in [-0.25, -0.2) is 0 Å². The summed E-state index contributed by atoms with van der Waals surface area (Å²) in [6.45, 7) is 7.30. The molecule has 0 bridgehead atoms. The Labute approximate surface area is 203 Å². The fourth-order valence-corrected chi connectivity index (χ4v) is 4.77. The van der Waals surface area contributed by atoms with Gasteiger partial charge in [0.05, 0.1) is 12.2 Å². The fourth-order valence-electron chi connectivity index (χ4n) is 4.77. The fraction of sp³-hybridized carbons (Fsp3) is 0.536. The van der Waals surface area contributed by atoms with Crippen molar-refractivity contribution in [3.8, 4) is 11.5 Å². The van der Waals surface area contributed by atoms with Gasteiger partial charge < -0.3 is 19.5 Å². The van der Waals surface area contributed by atoms with E-state index < -0.39 is 5.60 Å². The standard InChI is InChI=1S/C28H38N2O4/c1-23-9-11-25(12-10-23)34-22-28(32)13-4-15-29(18-14-28)21-24-6-2-7-26(20-24)33-19-5-17-30-16-3-8-27(30)31/h2,6-7,9-12,20,32H,3-5,8,13-19,21-22H2,1H3. The predicted molar refractivity (Wildman–Crippen MR) is 133 cm³/mol. The van der Waals surface area contributed by atoms with Crippen LogP contribution in [0, 0.1) is 6.92 Å². The van der Waals surface area contributed by atoms with Crippen molar-refractivity contribution in [2.24, 2.45) is 0 Å². The van der Waals surface area contributed by atoms with E-state index in [0.29, 0.717) is 26.1 Å². The third kappa shape index (κ3) is 7.21. The highest BCUT2D eigenvalue weighted by molar-refractivity contribution is 5.77. The van der Waals surface area contributed by atoms with Crippen LogP contribution in [0.5, 0.6) is 11.5 Å². The maximum Gasteiger partial charge on any atom is 0.222 e. The van der Waals surface area contributed by atoms with E-state index in [-0.39, 0.29) is 5.91 Å². The molecule has 0 saturated carbocycles. The molecule has 0 aliphatic carbocycles. The van der Waals surface area contributed by atoms with Crippen LogP contribution in [-0.4, -0.2) is 65.8 Å². The molecule has 6 nitrogen and oxygen atoms in total. The molecule has 2 saturated heterocycles. The van der Waals surface area contributed by atoms with Crippen molar-refractivity contribution in [2.75, 3.05) is 39.4 Å². The van der Waals surface area contributed by atoms with E-state index in [1.165, 1.54) is 11.1 Å². The molecule has 6 heteroatoms. The van der Waals surface area contributed by atoms with Crippen LogP contribution < -0.4 is 9.47 Å². The lowest BCUT2D eigenvalue weighted by Crippen LogP contribution is -2.37. The molecule has 2 fully saturated rings. The summed E-state index contributed by atoms with van der Waals surface area (Å²) < 4.78 is 11.9. The minimum Gasteiger partial charge on any atom is -0.494 e. The van der Waals surface area contributed by atoms with Gasteiger partial charge in [0.2, 0.25) is 5.91 Å². The Morgan fingerprint density at radius 1 is 0.971 bits per heavy atom. The first-order valence-electron chi connectivity index (χ1n) is 12.6. The Balaban J connectivity index is 1.21. The summed E-state index contributed by atoms with van der Waals surface area (Å²) in [7, 11) is 0. The lowest BCUT2D eigenvalue weighted by molar-refractivity contribution is -0.127. The number of aliphatic hydroxyl groups is 1. The monoisotopic (exact) mass is 466 g/mol. The van der Waals surface area contributed by atoms with E-state index in [9.17, 15) is 9.90 Å². The van der Waals surface area contributed by atoms with E-state index >= 15 is 0 Å². The molecule has 0 spiro atoms. The second-order valence-electron chi connectivity index (χ2n) is 9.79. The Kier molecular flexibility index (Phi) is 8.46. The SMILES string of the molecule is Cc1ccc(OCC2(O)CCCN(Cc3cccc(OCCCN4CCCC4=O)c3)CC2)cc1. The molecule has 1 amide bonds. The van der Waals surface area contributed by atoms with Gasteiger partial charge in [0.15, 0.2) is 0 Å². The summed E-state index contributed by atoms with van der Waals surface area (Å²) in [5.74, 6) is 1.96. The molecule has 2 aromatic carbocycles. The smallest absolute Gasteiger partial charge is 0.222 e. The van der Waals surface area contributed by atoms with E-state index in [0.717, 1.165) is 69.9 Å². The number of rotatable bonds is 10. The maximum absolute atomic E-state index is 11.7. The predicted octanol–water partition coefficient (Wildman–Crippen LogP) is 4.18. The highest BCUT2D eigenvalue weighted by atomic mass is 16.5. The zero-order valence-electron chi connectivity index (χ0n) is 20.4. The lowest BCUT2D eigenvalue weighted by atomic mass is 9.96. The van der Waals surface area contributed by atoms with Crippen LogP contribution in [0.2, 0.25) is 0 Å². The molecule has 1 N–H and O–H groups in total. The zero-order chi connectivity index (χ0) is 23.8. The van der Waals surface area contributed by atoms with Gasteiger partial charge in [0.25, 0.3) is 0 Å². The molecule has 0 radical (unpaired) electrons. The molecule has 34 heavy (non-hydrogen) atoms. The van der Waals surface area contributed by atoms with Crippen LogP contribution in [0.15, 0.2) is 48.5 Å². The van der Waals surface area contributed by atoms with E-state index in [1.54, 1.807) is 0 Å². The van der Waals surface area contributed by atoms with Crippen molar-refractivity contribution < 1.29 is 19.4 Å². The molecule has 184 valence electrons. The van der Waals surface area contributed by atoms with Crippen LogP contribution in [-0.2, 0) is 11.3 Å². The average Bonchev–Trinajstić information content (AvgIpc) is 3.15. The quantitative estimate of drug-likeness (QED) is 0.532. The highest BCUT2D eigenvalue weighted by Gasteiger charge is 2.31. The molecule has 2 aliphatic rings. The van der Waals surface area contributed by atoms with Gasteiger partial charge in [0, 0.05) is 32.6 Å². The molecule has 2 heterocycles. The molecule has 1 unspecified atom stereocenters. The molecular weight excluding hydrogens is 428 g/mol. The molecule has 0 aromatic heterocycles. The van der Waals surface area contributed by atoms with Crippen LogP contribution in [0.4, 0.5) is 0 Å². The third-order valence-corrected chi connectivity index (χ3v) is 6.86. The Morgan fingerprint density at radius 2 is 1.82 bits per heavy atom. The van der Waals surface area contributed by atoms with Crippen LogP contribution in [0.1, 0.15) is 49.7 Å². The van der Waals surface area contributed by atoms with Crippen LogP contribution >= 0.6 is 0 Å². The van der Waals surface area contributed by atoms with Crippen molar-refractivity contribution in [2.45, 2.75) is 57.6 Å². The number of carbonyl (C=O) groups excluding carboxylic acids is 1. The minimum absolute atomic E-state index is 0.271. The van der Waals surface area contributed by atoms with Gasteiger partial charge in [-0.1, -0.05) is 29.8 Å². The lowest BCUT2D eigenvalue weighted by Gasteiger charge is -2.27. The second kappa shape index (κ2) is 11.7. The van der Waals surface area contributed by atoms with Crippen LogP contribution in [0.3, 0.4) is 0 Å². The van der Waals surface area contributed by atoms with Gasteiger partial charge >= 0.3 is 0 Å². The Hall–Kier alpha value is -2.57. The van der Waals surface area contributed by atoms with Gasteiger partial charge in [-0.3, -0.25) is 9.69 Å². The summed E-state index contributed by atoms with van der Waals surface area (Å²) in [5, 5.41) is 11.1. The summed E-state index contributed by atoms with van der Waals surface area (Å²) >= 11 is 0. The topological polar surface area (TPSA) is 62.2 Å². The number of benzene rings is 2. The van der Waals surface area contributed by atoms with E-state index in [4.69, 9.17) is 9.47 Å². The normalized spacial score (nSPS) is 21.5. The average molecular weight is 467 g/mol. The Bertz CT molecular complexity index is 932. The number of hydrogen-bond acceptors (Lipinski definition) is 5. The summed E-state index contributed by atoms with van der Waals surface area (Å²) in [4.78, 5) is 16.0. The third-order valence-electron chi connectivity index (χ3n) is 6.86. The van der Waals surface area contributed by atoms with Crippen LogP contribution in [0.25, 0.3) is 0 Å². The number of aryl methyl sites for hydroxylation is 1. The first-order valence-corrected chi connectivity index (χ1v) is 12.6. The highest BCUT2D eigenvalue weighted by Crippen LogP contribution is 2.25. The molecular formula is C28H38N2O4. The van der Waals surface area contributed by atoms with Crippen molar-refractivity contribution in [1.29, 1.82) is 0 Å². The Morgan fingerprint density at radius 3 is 2.62 bits per heavy atom. The van der Waals surface area contributed by atoms with Crippen molar-refractivity contribution in [1.82, 2.24) is 9.80 Å². The van der Waals surface area contributed by atoms with Crippen molar-refractivity contribution >= 4 is 5.91 Å². The van der Waals surface area contributed by atoms with Crippen molar-refractivity contribution in [3.05, 3.63) is 59.7 Å². The number of likely N-dealkylation sites (tertiary alicyclic amines) is 2. The number of hydrogen-bond donors (Lipinski definition) is 1. The summed E-state index contributed by atoms with van der Waals surface area (Å²) in [6, 6.07) is 16.3. The second-order valence-corrected chi connectivity index (χ2v) is 9.79. The molecule has 2 aliphatic heterocycles. The summed E-state index contributed by atoms with van der Waals surface area (Å²) in [6.07, 6.45) is 4.92. The summed E-state index contributed by atoms with van der Waals surface area (Å²) in [5.41, 5.74) is 1.62. The first-order chi connectivity index (χ1) is 16.5. The van der Waals surface area contributed by atoms with Gasteiger partial charge in [-0.15, -0.1) is 0 Å². The maximum atomic E-state index is 11.7. The minimum atomic E-state index is -0.790. The first kappa shape index (κ1) is 24.6. The van der Waals surface area contributed by atoms with E-state index in [1.807, 2.05) is 41.3 Å². The van der Waals surface area contributed by atoms with Gasteiger partial charge in [0.1, 0.15) is 18.1 Å². The number of nitrogens with zero attached hydrogens (tertiary/aromatic N) is 2. The molecule has 2 aromatic rings. The molecule has 4 rings (SSSR count). The zero-order valence-corrected chi connectivity index (χ0v) is 20.4. The van der Waals surface area contributed by atoms with Gasteiger partial charge in [-0.05, 0) is 75.4 Å². The molecule has 1 atom stereocenters. The van der Waals surface area contributed by atoms with Gasteiger partial charge in [-0.2, -0.15) is 0 Å². The number of ether oxygens (including phenoxy) is 2. The number of carbonyl (C=O) groups is 1. The number of amides is 1. The van der Waals surface area contributed by atoms with Crippen molar-refractivity contribution in [3.63, 3.8) is 0 Å².